The van der Waals surface area contributed by atoms with Gasteiger partial charge in [-0.15, -0.1) is 0 Å². The van der Waals surface area contributed by atoms with E-state index in [0.717, 1.165) is 11.8 Å². The molecule has 0 aromatic carbocycles. The fourth-order valence-electron chi connectivity index (χ4n) is 3.48. The van der Waals surface area contributed by atoms with Crippen molar-refractivity contribution in [1.82, 2.24) is 9.55 Å². The molecule has 2 heterocycles. The van der Waals surface area contributed by atoms with Gasteiger partial charge in [0.2, 0.25) is 0 Å². The molecule has 0 N–H and O–H groups in total. The first-order chi connectivity index (χ1) is 7.65. The number of nitrogens with zero attached hydrogens (tertiary/aromatic N) is 2. The minimum atomic E-state index is 0.673. The van der Waals surface area contributed by atoms with Crippen molar-refractivity contribution in [3.8, 4) is 0 Å². The van der Waals surface area contributed by atoms with Crippen LogP contribution in [-0.2, 0) is 19.4 Å². The Kier molecular flexibility index (Phi) is 2.34. The van der Waals surface area contributed by atoms with Gasteiger partial charge in [-0.1, -0.05) is 20.8 Å². The van der Waals surface area contributed by atoms with E-state index in [9.17, 15) is 0 Å². The molecule has 3 unspecified atom stereocenters. The van der Waals surface area contributed by atoms with Crippen LogP contribution in [0.3, 0.4) is 0 Å². The average Bonchev–Trinajstić information content (AvgIpc) is 2.57. The SMILES string of the molecule is CC1Cc2c(nc3n2CC(C)CC3)C(C)C1. The third-order valence-corrected chi connectivity index (χ3v) is 4.30. The predicted molar refractivity (Wildman–Crippen MR) is 65.6 cm³/mol. The van der Waals surface area contributed by atoms with Gasteiger partial charge in [0.1, 0.15) is 5.82 Å². The molecular weight excluding hydrogens is 196 g/mol. The Morgan fingerprint density at radius 2 is 2.00 bits per heavy atom. The number of fused-ring (bicyclic) bond motifs is 3. The first kappa shape index (κ1) is 10.4. The van der Waals surface area contributed by atoms with Crippen molar-refractivity contribution < 1.29 is 0 Å². The Bertz CT molecular complexity index is 405. The van der Waals surface area contributed by atoms with E-state index in [1.54, 1.807) is 5.69 Å². The number of hydrogen-bond donors (Lipinski definition) is 0. The fourth-order valence-corrected chi connectivity index (χ4v) is 3.48. The number of aromatic nitrogens is 2. The topological polar surface area (TPSA) is 17.8 Å². The van der Waals surface area contributed by atoms with Crippen molar-refractivity contribution in [2.24, 2.45) is 11.8 Å². The van der Waals surface area contributed by atoms with Crippen LogP contribution in [0.2, 0.25) is 0 Å². The van der Waals surface area contributed by atoms with Gasteiger partial charge in [0, 0.05) is 24.6 Å². The van der Waals surface area contributed by atoms with Crippen LogP contribution in [0.4, 0.5) is 0 Å². The average molecular weight is 218 g/mol. The Balaban J connectivity index is 2.05. The lowest BCUT2D eigenvalue weighted by atomic mass is 9.84. The summed E-state index contributed by atoms with van der Waals surface area (Å²) < 4.78 is 2.54. The lowest BCUT2D eigenvalue weighted by Gasteiger charge is -2.27. The maximum atomic E-state index is 4.90. The van der Waals surface area contributed by atoms with Crippen LogP contribution in [0.15, 0.2) is 0 Å². The first-order valence-electron chi connectivity index (χ1n) is 6.73. The number of rotatable bonds is 0. The Hall–Kier alpha value is -0.790. The second-order valence-corrected chi connectivity index (χ2v) is 6.06. The van der Waals surface area contributed by atoms with Crippen LogP contribution in [0, 0.1) is 11.8 Å². The van der Waals surface area contributed by atoms with Crippen molar-refractivity contribution in [2.45, 2.75) is 58.9 Å². The van der Waals surface area contributed by atoms with Crippen molar-refractivity contribution in [1.29, 1.82) is 0 Å². The summed E-state index contributed by atoms with van der Waals surface area (Å²) in [6.45, 7) is 8.30. The van der Waals surface area contributed by atoms with E-state index in [-0.39, 0.29) is 0 Å². The minimum Gasteiger partial charge on any atom is -0.331 e. The van der Waals surface area contributed by atoms with E-state index in [1.807, 2.05) is 0 Å². The number of aryl methyl sites for hydroxylation is 1. The highest BCUT2D eigenvalue weighted by Crippen LogP contribution is 2.36. The number of imidazole rings is 1. The summed E-state index contributed by atoms with van der Waals surface area (Å²) in [7, 11) is 0. The van der Waals surface area contributed by atoms with Gasteiger partial charge in [0.05, 0.1) is 5.69 Å². The molecule has 1 aliphatic heterocycles. The summed E-state index contributed by atoms with van der Waals surface area (Å²) >= 11 is 0. The molecule has 1 aliphatic carbocycles. The summed E-state index contributed by atoms with van der Waals surface area (Å²) in [5.74, 6) is 3.70. The van der Waals surface area contributed by atoms with Crippen LogP contribution in [0.25, 0.3) is 0 Å². The van der Waals surface area contributed by atoms with E-state index in [2.05, 4.69) is 25.3 Å². The Morgan fingerprint density at radius 3 is 2.81 bits per heavy atom. The third kappa shape index (κ3) is 1.50. The summed E-state index contributed by atoms with van der Waals surface area (Å²) in [6, 6.07) is 0. The van der Waals surface area contributed by atoms with E-state index >= 15 is 0 Å². The predicted octanol–water partition coefficient (Wildman–Crippen LogP) is 3.15. The molecule has 16 heavy (non-hydrogen) atoms. The molecule has 2 aliphatic rings. The quantitative estimate of drug-likeness (QED) is 0.654. The van der Waals surface area contributed by atoms with Crippen molar-refractivity contribution >= 4 is 0 Å². The molecule has 1 aromatic heterocycles. The lowest BCUT2D eigenvalue weighted by Crippen LogP contribution is -2.22. The van der Waals surface area contributed by atoms with Gasteiger partial charge in [0.25, 0.3) is 0 Å². The van der Waals surface area contributed by atoms with Crippen molar-refractivity contribution in [3.63, 3.8) is 0 Å². The lowest BCUT2D eigenvalue weighted by molar-refractivity contribution is 0.371. The Labute approximate surface area is 98.1 Å². The van der Waals surface area contributed by atoms with Gasteiger partial charge >= 0.3 is 0 Å². The van der Waals surface area contributed by atoms with Gasteiger partial charge in [0.15, 0.2) is 0 Å². The molecule has 1 aromatic rings. The van der Waals surface area contributed by atoms with Gasteiger partial charge in [-0.3, -0.25) is 0 Å². The van der Waals surface area contributed by atoms with Crippen LogP contribution in [0.1, 0.15) is 56.7 Å². The molecule has 0 radical (unpaired) electrons. The normalized spacial score (nSPS) is 33.3. The maximum Gasteiger partial charge on any atom is 0.109 e. The molecule has 0 spiro atoms. The molecule has 3 rings (SSSR count). The Morgan fingerprint density at radius 1 is 1.19 bits per heavy atom. The molecule has 0 saturated heterocycles. The van der Waals surface area contributed by atoms with E-state index in [4.69, 9.17) is 4.98 Å². The zero-order valence-electron chi connectivity index (χ0n) is 10.7. The van der Waals surface area contributed by atoms with E-state index in [1.165, 1.54) is 43.7 Å². The summed E-state index contributed by atoms with van der Waals surface area (Å²) in [5, 5.41) is 0. The summed E-state index contributed by atoms with van der Waals surface area (Å²) in [5.41, 5.74) is 2.98. The van der Waals surface area contributed by atoms with Crippen LogP contribution in [0.5, 0.6) is 0 Å². The molecule has 2 nitrogen and oxygen atoms in total. The van der Waals surface area contributed by atoms with Gasteiger partial charge in [-0.25, -0.2) is 4.98 Å². The van der Waals surface area contributed by atoms with Crippen molar-refractivity contribution in [3.05, 3.63) is 17.2 Å². The number of hydrogen-bond acceptors (Lipinski definition) is 1. The van der Waals surface area contributed by atoms with Crippen LogP contribution < -0.4 is 0 Å². The molecule has 88 valence electrons. The standard InChI is InChI=1S/C14H22N2/c1-9-4-5-13-15-14-11(3)6-10(2)7-12(14)16(13)8-9/h9-11H,4-8H2,1-3H3. The highest BCUT2D eigenvalue weighted by molar-refractivity contribution is 5.25. The summed E-state index contributed by atoms with van der Waals surface area (Å²) in [4.78, 5) is 4.90. The molecular formula is C14H22N2. The van der Waals surface area contributed by atoms with Gasteiger partial charge in [-0.05, 0) is 31.1 Å². The van der Waals surface area contributed by atoms with Crippen LogP contribution >= 0.6 is 0 Å². The monoisotopic (exact) mass is 218 g/mol. The maximum absolute atomic E-state index is 4.90. The smallest absolute Gasteiger partial charge is 0.109 e. The first-order valence-corrected chi connectivity index (χ1v) is 6.73. The molecule has 2 heteroatoms. The zero-order valence-corrected chi connectivity index (χ0v) is 10.7. The third-order valence-electron chi connectivity index (χ3n) is 4.30. The van der Waals surface area contributed by atoms with Gasteiger partial charge in [-0.2, -0.15) is 0 Å². The van der Waals surface area contributed by atoms with E-state index in [0.29, 0.717) is 5.92 Å². The van der Waals surface area contributed by atoms with E-state index < -0.39 is 0 Å². The van der Waals surface area contributed by atoms with Crippen LogP contribution in [-0.4, -0.2) is 9.55 Å². The largest absolute Gasteiger partial charge is 0.331 e. The molecule has 0 bridgehead atoms. The minimum absolute atomic E-state index is 0.673. The zero-order chi connectivity index (χ0) is 11.3. The molecule has 3 atom stereocenters. The second kappa shape index (κ2) is 3.61. The summed E-state index contributed by atoms with van der Waals surface area (Å²) in [6.07, 6.45) is 5.08. The molecule has 0 fully saturated rings. The van der Waals surface area contributed by atoms with Gasteiger partial charge < -0.3 is 4.57 Å². The molecule has 0 saturated carbocycles. The highest BCUT2D eigenvalue weighted by Gasteiger charge is 2.30. The second-order valence-electron chi connectivity index (χ2n) is 6.06. The molecule has 0 amide bonds. The van der Waals surface area contributed by atoms with Crippen molar-refractivity contribution in [2.75, 3.05) is 0 Å². The highest BCUT2D eigenvalue weighted by atomic mass is 15.1. The fraction of sp³-hybridized carbons (Fsp3) is 0.786.